The number of hydrogen-bond donors (Lipinski definition) is 2. The molecule has 3 nitrogen and oxygen atoms in total. The number of nitrogens with zero attached hydrogens (tertiary/aromatic N) is 1. The van der Waals surface area contributed by atoms with Gasteiger partial charge in [-0.15, -0.1) is 0 Å². The summed E-state index contributed by atoms with van der Waals surface area (Å²) in [4.78, 5) is 2.38. The summed E-state index contributed by atoms with van der Waals surface area (Å²) in [7, 11) is 0. The quantitative estimate of drug-likeness (QED) is 0.663. The zero-order chi connectivity index (χ0) is 9.84. The summed E-state index contributed by atoms with van der Waals surface area (Å²) >= 11 is 0. The maximum atomic E-state index is 9.22. The first-order chi connectivity index (χ1) is 6.19. The summed E-state index contributed by atoms with van der Waals surface area (Å²) in [6.07, 6.45) is 1.21. The zero-order valence-electron chi connectivity index (χ0n) is 8.74. The third-order valence-electron chi connectivity index (χ3n) is 3.13. The SMILES string of the molecule is CC(CN)CN1CCC(C)C1CO. The Balaban J connectivity index is 2.41. The van der Waals surface area contributed by atoms with E-state index in [1.165, 1.54) is 6.42 Å². The molecule has 1 rings (SSSR count). The minimum absolute atomic E-state index is 0.290. The van der Waals surface area contributed by atoms with Crippen molar-refractivity contribution in [3.63, 3.8) is 0 Å². The Kier molecular flexibility index (Phi) is 4.16. The van der Waals surface area contributed by atoms with Crippen LogP contribution in [0.3, 0.4) is 0 Å². The van der Waals surface area contributed by atoms with E-state index in [1.54, 1.807) is 0 Å². The molecule has 13 heavy (non-hydrogen) atoms. The standard InChI is InChI=1S/C10H22N2O/c1-8(5-11)6-12-4-3-9(2)10(12)7-13/h8-10,13H,3-7,11H2,1-2H3. The monoisotopic (exact) mass is 186 g/mol. The van der Waals surface area contributed by atoms with Gasteiger partial charge in [-0.1, -0.05) is 13.8 Å². The van der Waals surface area contributed by atoms with Crippen LogP contribution in [0.15, 0.2) is 0 Å². The zero-order valence-corrected chi connectivity index (χ0v) is 8.74. The van der Waals surface area contributed by atoms with Gasteiger partial charge in [0.25, 0.3) is 0 Å². The van der Waals surface area contributed by atoms with E-state index in [0.717, 1.165) is 19.6 Å². The van der Waals surface area contributed by atoms with E-state index in [9.17, 15) is 5.11 Å². The van der Waals surface area contributed by atoms with Crippen LogP contribution in [0.1, 0.15) is 20.3 Å². The smallest absolute Gasteiger partial charge is 0.0589 e. The first-order valence-electron chi connectivity index (χ1n) is 5.24. The van der Waals surface area contributed by atoms with Crippen molar-refractivity contribution in [1.29, 1.82) is 0 Å². The lowest BCUT2D eigenvalue weighted by Gasteiger charge is -2.27. The first-order valence-corrected chi connectivity index (χ1v) is 5.24. The van der Waals surface area contributed by atoms with Crippen LogP contribution >= 0.6 is 0 Å². The van der Waals surface area contributed by atoms with Gasteiger partial charge in [-0.3, -0.25) is 4.90 Å². The number of rotatable bonds is 4. The number of nitrogens with two attached hydrogens (primary N) is 1. The van der Waals surface area contributed by atoms with E-state index < -0.39 is 0 Å². The molecule has 0 bridgehead atoms. The molecule has 3 heteroatoms. The highest BCUT2D eigenvalue weighted by Gasteiger charge is 2.30. The van der Waals surface area contributed by atoms with Crippen molar-refractivity contribution < 1.29 is 5.11 Å². The molecule has 3 atom stereocenters. The van der Waals surface area contributed by atoms with Crippen molar-refractivity contribution in [1.82, 2.24) is 4.90 Å². The van der Waals surface area contributed by atoms with Gasteiger partial charge < -0.3 is 10.8 Å². The molecule has 0 spiro atoms. The summed E-state index contributed by atoms with van der Waals surface area (Å²) < 4.78 is 0. The topological polar surface area (TPSA) is 49.5 Å². The lowest BCUT2D eigenvalue weighted by molar-refractivity contribution is 0.128. The molecule has 1 aliphatic heterocycles. The number of hydrogen-bond acceptors (Lipinski definition) is 3. The second-order valence-electron chi connectivity index (χ2n) is 4.35. The third-order valence-corrected chi connectivity index (χ3v) is 3.13. The molecule has 0 aliphatic carbocycles. The van der Waals surface area contributed by atoms with Gasteiger partial charge in [-0.25, -0.2) is 0 Å². The minimum atomic E-state index is 0.290. The highest BCUT2D eigenvalue weighted by atomic mass is 16.3. The Morgan fingerprint density at radius 1 is 1.62 bits per heavy atom. The van der Waals surface area contributed by atoms with Gasteiger partial charge in [-0.05, 0) is 31.3 Å². The molecule has 1 fully saturated rings. The van der Waals surface area contributed by atoms with Crippen molar-refractivity contribution in [2.75, 3.05) is 26.2 Å². The average molecular weight is 186 g/mol. The Hall–Kier alpha value is -0.120. The summed E-state index contributed by atoms with van der Waals surface area (Å²) in [6.45, 7) is 7.57. The van der Waals surface area contributed by atoms with Crippen LogP contribution in [0.2, 0.25) is 0 Å². The largest absolute Gasteiger partial charge is 0.395 e. The van der Waals surface area contributed by atoms with Crippen LogP contribution in [-0.4, -0.2) is 42.3 Å². The van der Waals surface area contributed by atoms with Crippen LogP contribution in [-0.2, 0) is 0 Å². The molecule has 0 amide bonds. The fraction of sp³-hybridized carbons (Fsp3) is 1.00. The van der Waals surface area contributed by atoms with Crippen molar-refractivity contribution in [2.24, 2.45) is 17.6 Å². The molecular weight excluding hydrogens is 164 g/mol. The summed E-state index contributed by atoms with van der Waals surface area (Å²) in [5, 5.41) is 9.22. The summed E-state index contributed by atoms with van der Waals surface area (Å²) in [6, 6.07) is 0.369. The van der Waals surface area contributed by atoms with Gasteiger partial charge in [0.15, 0.2) is 0 Å². The van der Waals surface area contributed by atoms with Gasteiger partial charge in [-0.2, -0.15) is 0 Å². The van der Waals surface area contributed by atoms with Gasteiger partial charge in [0.05, 0.1) is 6.61 Å². The number of likely N-dealkylation sites (tertiary alicyclic amines) is 1. The maximum absolute atomic E-state index is 9.22. The Morgan fingerprint density at radius 3 is 2.85 bits per heavy atom. The fourth-order valence-electron chi connectivity index (χ4n) is 2.08. The summed E-state index contributed by atoms with van der Waals surface area (Å²) in [5.41, 5.74) is 5.58. The molecule has 3 N–H and O–H groups in total. The van der Waals surface area contributed by atoms with Gasteiger partial charge in [0, 0.05) is 12.6 Å². The molecule has 1 heterocycles. The van der Waals surface area contributed by atoms with Crippen molar-refractivity contribution >= 4 is 0 Å². The normalized spacial score (nSPS) is 32.3. The van der Waals surface area contributed by atoms with Crippen LogP contribution in [0.5, 0.6) is 0 Å². The van der Waals surface area contributed by atoms with E-state index in [-0.39, 0.29) is 0 Å². The Labute approximate surface area is 80.9 Å². The molecule has 0 saturated carbocycles. The highest BCUT2D eigenvalue weighted by Crippen LogP contribution is 2.23. The summed E-state index contributed by atoms with van der Waals surface area (Å²) in [5.74, 6) is 1.18. The van der Waals surface area contributed by atoms with Crippen molar-refractivity contribution in [2.45, 2.75) is 26.3 Å². The molecule has 1 aliphatic rings. The molecule has 0 aromatic carbocycles. The average Bonchev–Trinajstić information content (AvgIpc) is 2.46. The molecule has 78 valence electrons. The van der Waals surface area contributed by atoms with E-state index in [4.69, 9.17) is 5.73 Å². The highest BCUT2D eigenvalue weighted by molar-refractivity contribution is 4.84. The molecule has 0 aromatic heterocycles. The van der Waals surface area contributed by atoms with Gasteiger partial charge in [0.1, 0.15) is 0 Å². The number of aliphatic hydroxyl groups is 1. The van der Waals surface area contributed by atoms with Gasteiger partial charge >= 0.3 is 0 Å². The van der Waals surface area contributed by atoms with Crippen LogP contribution < -0.4 is 5.73 Å². The predicted molar refractivity (Wildman–Crippen MR) is 54.4 cm³/mol. The molecule has 1 saturated heterocycles. The second-order valence-corrected chi connectivity index (χ2v) is 4.35. The maximum Gasteiger partial charge on any atom is 0.0589 e. The molecule has 3 unspecified atom stereocenters. The lowest BCUT2D eigenvalue weighted by atomic mass is 10.0. The third kappa shape index (κ3) is 2.66. The fourth-order valence-corrected chi connectivity index (χ4v) is 2.08. The van der Waals surface area contributed by atoms with Crippen molar-refractivity contribution in [3.05, 3.63) is 0 Å². The van der Waals surface area contributed by atoms with Crippen LogP contribution in [0.4, 0.5) is 0 Å². The molecule has 0 radical (unpaired) electrons. The molecule has 0 aromatic rings. The Bertz CT molecular complexity index is 152. The van der Waals surface area contributed by atoms with Gasteiger partial charge in [0.2, 0.25) is 0 Å². The van der Waals surface area contributed by atoms with E-state index in [1.807, 2.05) is 0 Å². The lowest BCUT2D eigenvalue weighted by Crippen LogP contribution is -2.39. The predicted octanol–water partition coefficient (Wildman–Crippen LogP) is 0.284. The first kappa shape index (κ1) is 11.0. The van der Waals surface area contributed by atoms with E-state index >= 15 is 0 Å². The van der Waals surface area contributed by atoms with E-state index in [2.05, 4.69) is 18.7 Å². The molecular formula is C10H22N2O. The van der Waals surface area contributed by atoms with E-state index in [0.29, 0.717) is 24.5 Å². The second kappa shape index (κ2) is 4.94. The Morgan fingerprint density at radius 2 is 2.31 bits per heavy atom. The minimum Gasteiger partial charge on any atom is -0.395 e. The van der Waals surface area contributed by atoms with Crippen LogP contribution in [0.25, 0.3) is 0 Å². The van der Waals surface area contributed by atoms with Crippen molar-refractivity contribution in [3.8, 4) is 0 Å². The van der Waals surface area contributed by atoms with Crippen LogP contribution in [0, 0.1) is 11.8 Å². The number of aliphatic hydroxyl groups excluding tert-OH is 1.